The van der Waals surface area contributed by atoms with E-state index in [1.54, 1.807) is 48.8 Å². The van der Waals surface area contributed by atoms with Crippen molar-refractivity contribution in [2.45, 2.75) is 160 Å². The molecule has 6 aromatic heterocycles. The lowest BCUT2D eigenvalue weighted by molar-refractivity contribution is -0.122. The molecule has 0 saturated heterocycles. The Morgan fingerprint density at radius 1 is 0.614 bits per heavy atom. The van der Waals surface area contributed by atoms with Gasteiger partial charge in [-0.25, -0.2) is 38.7 Å². The van der Waals surface area contributed by atoms with Crippen LogP contribution in [0, 0.1) is 33.5 Å². The second-order valence-electron chi connectivity index (χ2n) is 26.3. The summed E-state index contributed by atoms with van der Waals surface area (Å²) in [6.45, 7) is 14.9. The van der Waals surface area contributed by atoms with E-state index in [0.717, 1.165) is 63.2 Å². The molecule has 4 aliphatic carbocycles. The number of nitrogens with one attached hydrogen (secondary N) is 4. The summed E-state index contributed by atoms with van der Waals surface area (Å²) >= 11 is 12.6. The van der Waals surface area contributed by atoms with Crippen LogP contribution < -0.4 is 29.6 Å². The van der Waals surface area contributed by atoms with Crippen molar-refractivity contribution in [3.05, 3.63) is 107 Å². The Hall–Kier alpha value is -6.73. The summed E-state index contributed by atoms with van der Waals surface area (Å²) in [7, 11) is -8.56. The molecule has 88 heavy (non-hydrogen) atoms. The van der Waals surface area contributed by atoms with Gasteiger partial charge in [0.15, 0.2) is 27.5 Å². The van der Waals surface area contributed by atoms with E-state index >= 15 is 0 Å². The summed E-state index contributed by atoms with van der Waals surface area (Å²) in [5.74, 6) is 1.56. The van der Waals surface area contributed by atoms with E-state index in [1.165, 1.54) is 84.3 Å². The Bertz CT molecular complexity index is 3700. The van der Waals surface area contributed by atoms with Gasteiger partial charge in [0.1, 0.15) is 35.2 Å². The first-order chi connectivity index (χ1) is 41.6. The molecule has 6 heterocycles. The van der Waals surface area contributed by atoms with E-state index in [0.29, 0.717) is 60.1 Å². The number of anilines is 2. The average molecular weight is 1290 g/mol. The van der Waals surface area contributed by atoms with Crippen molar-refractivity contribution in [3.63, 3.8) is 0 Å². The fraction of sp³-hybridized carbons (Fsp3) is 0.532. The quantitative estimate of drug-likeness (QED) is 0.0225. The lowest BCUT2D eigenvalue weighted by Gasteiger charge is -2.17. The maximum absolute atomic E-state index is 13.0. The molecule has 4 aliphatic rings. The molecule has 474 valence electrons. The van der Waals surface area contributed by atoms with Crippen molar-refractivity contribution >= 4 is 72.5 Å². The highest BCUT2D eigenvalue weighted by molar-refractivity contribution is 7.90. The number of nitrogens with zero attached hydrogens (tertiary/aromatic N) is 8. The van der Waals surface area contributed by atoms with Gasteiger partial charge in [0.05, 0.1) is 17.2 Å². The number of hydrogen-bond acceptors (Lipinski definition) is 18. The highest BCUT2D eigenvalue weighted by Gasteiger charge is 2.40. The van der Waals surface area contributed by atoms with Crippen molar-refractivity contribution in [2.24, 2.45) is 33.5 Å². The smallest absolute Gasteiger partial charge is 0.281 e. The summed E-state index contributed by atoms with van der Waals surface area (Å²) < 4.78 is 69.9. The van der Waals surface area contributed by atoms with E-state index in [1.807, 2.05) is 9.44 Å². The van der Waals surface area contributed by atoms with Gasteiger partial charge in [-0.05, 0) is 178 Å². The number of aliphatic hydroxyl groups is 1. The summed E-state index contributed by atoms with van der Waals surface area (Å²) in [4.78, 5) is 54.7. The van der Waals surface area contributed by atoms with Gasteiger partial charge in [0.25, 0.3) is 31.9 Å². The SMILES string of the molecule is CC1(C)CC[C@@H](CCCNc2cccc(S(=O)(=O)NC(=O)c3ccc(-n4ccc(OCC(=O)CC5(C)CC5)n4)nc3Cl)n2)C1.CC1(C)CC[C@@H](CCCNc2cccc(S(=O)(=O)NC(=O)c3ccc(-n4ccc(OCC(O)CC5(C)CC5)n4)nc3Cl)n2)C1. The number of Topliss-reactive ketones (excluding diaryl/α,β-unsaturated/α-hetero) is 1. The van der Waals surface area contributed by atoms with Crippen molar-refractivity contribution < 1.29 is 45.8 Å². The van der Waals surface area contributed by atoms with Gasteiger partial charge in [-0.1, -0.05) is 76.9 Å². The van der Waals surface area contributed by atoms with Gasteiger partial charge in [0.2, 0.25) is 11.8 Å². The van der Waals surface area contributed by atoms with Crippen LogP contribution in [0.3, 0.4) is 0 Å². The number of carbonyl (C=O) groups excluding carboxylic acids is 3. The lowest BCUT2D eigenvalue weighted by atomic mass is 9.89. The molecule has 0 spiro atoms. The third kappa shape index (κ3) is 18.7. The zero-order valence-electron chi connectivity index (χ0n) is 50.7. The number of ether oxygens (including phenoxy) is 2. The molecule has 0 aliphatic heterocycles. The number of rotatable bonds is 28. The molecule has 3 atom stereocenters. The van der Waals surface area contributed by atoms with E-state index < -0.39 is 38.0 Å². The van der Waals surface area contributed by atoms with Crippen molar-refractivity contribution in [3.8, 4) is 23.4 Å². The minimum Gasteiger partial charge on any atom is -0.474 e. The summed E-state index contributed by atoms with van der Waals surface area (Å²) in [5, 5.41) is 24.2. The highest BCUT2D eigenvalue weighted by atomic mass is 35.5. The number of halogens is 2. The topological polar surface area (TPSA) is 293 Å². The molecule has 4 fully saturated rings. The molecular formula is C62H80Cl2N12O10S2. The number of aromatic nitrogens is 8. The second-order valence-corrected chi connectivity index (χ2v) is 30.3. The van der Waals surface area contributed by atoms with Crippen LogP contribution in [0.4, 0.5) is 11.6 Å². The molecule has 5 N–H and O–H groups in total. The Morgan fingerprint density at radius 3 is 1.49 bits per heavy atom. The zero-order valence-corrected chi connectivity index (χ0v) is 53.9. The van der Waals surface area contributed by atoms with E-state index in [9.17, 15) is 36.3 Å². The van der Waals surface area contributed by atoms with Crippen LogP contribution in [0.1, 0.15) is 165 Å². The lowest BCUT2D eigenvalue weighted by Crippen LogP contribution is -2.31. The molecule has 22 nitrogen and oxygen atoms in total. The van der Waals surface area contributed by atoms with Crippen LogP contribution in [-0.4, -0.2) is 111 Å². The summed E-state index contributed by atoms with van der Waals surface area (Å²) in [5.41, 5.74) is 0.908. The fourth-order valence-corrected chi connectivity index (χ4v) is 13.8. The number of sulfonamides is 2. The third-order valence-electron chi connectivity index (χ3n) is 16.9. The monoisotopic (exact) mass is 1290 g/mol. The van der Waals surface area contributed by atoms with E-state index in [-0.39, 0.29) is 73.0 Å². The van der Waals surface area contributed by atoms with Crippen LogP contribution in [0.5, 0.6) is 11.8 Å². The maximum atomic E-state index is 13.0. The van der Waals surface area contributed by atoms with Gasteiger partial charge in [-0.15, -0.1) is 10.2 Å². The van der Waals surface area contributed by atoms with Crippen LogP contribution >= 0.6 is 23.2 Å². The summed E-state index contributed by atoms with van der Waals surface area (Å²) in [6.07, 6.45) is 19.8. The van der Waals surface area contributed by atoms with E-state index in [2.05, 4.69) is 82.3 Å². The van der Waals surface area contributed by atoms with Gasteiger partial charge in [0, 0.05) is 44.0 Å². The normalized spacial score (nSPS) is 18.9. The fourth-order valence-electron chi connectivity index (χ4n) is 11.4. The minimum atomic E-state index is -4.28. The Morgan fingerprint density at radius 2 is 1.07 bits per heavy atom. The predicted octanol–water partition coefficient (Wildman–Crippen LogP) is 11.0. The van der Waals surface area contributed by atoms with Crippen molar-refractivity contribution in [1.29, 1.82) is 0 Å². The number of aliphatic hydroxyl groups excluding tert-OH is 1. The molecule has 26 heteroatoms. The molecule has 2 amide bonds. The largest absolute Gasteiger partial charge is 0.474 e. The number of carbonyl (C=O) groups is 3. The molecular weight excluding hydrogens is 1210 g/mol. The molecule has 0 aromatic carbocycles. The number of amides is 2. The number of hydrogen-bond donors (Lipinski definition) is 5. The Kier molecular flexibility index (Phi) is 20.6. The van der Waals surface area contributed by atoms with Crippen molar-refractivity contribution in [2.75, 3.05) is 36.9 Å². The Labute approximate surface area is 525 Å². The van der Waals surface area contributed by atoms with E-state index in [4.69, 9.17) is 32.7 Å². The third-order valence-corrected chi connectivity index (χ3v) is 19.9. The molecule has 1 unspecified atom stereocenters. The first-order valence-electron chi connectivity index (χ1n) is 30.1. The first kappa shape index (κ1) is 65.7. The van der Waals surface area contributed by atoms with Crippen LogP contribution in [-0.2, 0) is 24.8 Å². The maximum Gasteiger partial charge on any atom is 0.281 e. The van der Waals surface area contributed by atoms with Gasteiger partial charge in [-0.3, -0.25) is 14.4 Å². The molecule has 4 saturated carbocycles. The van der Waals surface area contributed by atoms with Gasteiger partial charge >= 0.3 is 0 Å². The van der Waals surface area contributed by atoms with Crippen LogP contribution in [0.15, 0.2) is 95.2 Å². The van der Waals surface area contributed by atoms with Crippen LogP contribution in [0.2, 0.25) is 10.3 Å². The number of pyridine rings is 4. The van der Waals surface area contributed by atoms with Gasteiger partial charge < -0.3 is 25.2 Å². The number of ketones is 1. The van der Waals surface area contributed by atoms with Crippen molar-refractivity contribution in [1.82, 2.24) is 48.9 Å². The Balaban J connectivity index is 0.000000209. The highest BCUT2D eigenvalue weighted by Crippen LogP contribution is 2.49. The van der Waals surface area contributed by atoms with Gasteiger partial charge in [-0.2, -0.15) is 16.8 Å². The molecule has 0 radical (unpaired) electrons. The molecule has 0 bridgehead atoms. The molecule has 6 aromatic rings. The standard InChI is InChI=1S/C31H41ClN6O5S.C31H39ClN6O5S/c2*1-30(2)13-11-21(18-30)6-5-16-33-24-7-4-8-27(34-24)44(41,42)37-29(40)23-9-10-25(35-28(23)32)38-17-12-26(36-38)43-20-22(39)19-31(3)14-15-31/h4,7-10,12,17,21-22,39H,5-6,11,13-16,18-20H2,1-3H3,(H,33,34)(H,37,40);4,7-10,12,17,21H,5-6,11,13-16,18-20H2,1-3H3,(H,33,34)(H,37,40)/t21-,22?;21-/m11/s1. The molecule has 10 rings (SSSR count). The minimum absolute atomic E-state index is 0.0167. The zero-order chi connectivity index (χ0) is 63.1. The second kappa shape index (κ2) is 27.6. The first-order valence-corrected chi connectivity index (χ1v) is 33.8. The average Bonchev–Trinajstić information content (AvgIpc) is 3.19. The summed E-state index contributed by atoms with van der Waals surface area (Å²) in [6, 6.07) is 18.1. The van der Waals surface area contributed by atoms with Crippen LogP contribution in [0.25, 0.3) is 11.6 Å². The predicted molar refractivity (Wildman–Crippen MR) is 334 cm³/mol.